The van der Waals surface area contributed by atoms with Gasteiger partial charge < -0.3 is 9.63 Å². The Labute approximate surface area is 92.4 Å². The zero-order valence-corrected chi connectivity index (χ0v) is 10.4. The SMILES string of the molecule is [B]C1CN(P(=O)(O)N(C)C)CC(CC)O1. The Morgan fingerprint density at radius 1 is 1.60 bits per heavy atom. The lowest BCUT2D eigenvalue weighted by Gasteiger charge is -2.40. The summed E-state index contributed by atoms with van der Waals surface area (Å²) in [5.74, 6) is 0. The van der Waals surface area contributed by atoms with E-state index < -0.39 is 13.7 Å². The first-order valence-corrected chi connectivity index (χ1v) is 6.61. The summed E-state index contributed by atoms with van der Waals surface area (Å²) < 4.78 is 20.2. The van der Waals surface area contributed by atoms with Gasteiger partial charge in [0.25, 0.3) is 0 Å². The maximum atomic E-state index is 12.0. The lowest BCUT2D eigenvalue weighted by atomic mass is 9.98. The minimum Gasteiger partial charge on any atom is -0.382 e. The van der Waals surface area contributed by atoms with Crippen molar-refractivity contribution in [1.82, 2.24) is 9.34 Å². The van der Waals surface area contributed by atoms with Crippen LogP contribution in [0.4, 0.5) is 0 Å². The fourth-order valence-electron chi connectivity index (χ4n) is 1.54. The maximum absolute atomic E-state index is 12.0. The van der Waals surface area contributed by atoms with Gasteiger partial charge in [0.15, 0.2) is 0 Å². The largest absolute Gasteiger partial charge is 0.382 e. The molecule has 7 heteroatoms. The van der Waals surface area contributed by atoms with Gasteiger partial charge in [-0.25, -0.2) is 9.34 Å². The molecule has 0 bridgehead atoms. The van der Waals surface area contributed by atoms with Crippen molar-refractivity contribution in [2.75, 3.05) is 27.2 Å². The van der Waals surface area contributed by atoms with Crippen LogP contribution in [0.25, 0.3) is 0 Å². The van der Waals surface area contributed by atoms with Gasteiger partial charge in [0.1, 0.15) is 7.85 Å². The normalized spacial score (nSPS) is 32.9. The van der Waals surface area contributed by atoms with Crippen LogP contribution < -0.4 is 0 Å². The Bertz CT molecular complexity index is 264. The van der Waals surface area contributed by atoms with Gasteiger partial charge in [0, 0.05) is 19.1 Å². The van der Waals surface area contributed by atoms with E-state index in [1.807, 2.05) is 6.92 Å². The van der Waals surface area contributed by atoms with Gasteiger partial charge in [0.2, 0.25) is 0 Å². The molecule has 86 valence electrons. The highest BCUT2D eigenvalue weighted by Gasteiger charge is 2.36. The van der Waals surface area contributed by atoms with E-state index >= 15 is 0 Å². The van der Waals surface area contributed by atoms with Crippen LogP contribution in [0.15, 0.2) is 0 Å². The van der Waals surface area contributed by atoms with Gasteiger partial charge in [-0.05, 0) is 20.5 Å². The number of morpholine rings is 1. The zero-order chi connectivity index (χ0) is 11.6. The highest BCUT2D eigenvalue weighted by Crippen LogP contribution is 2.48. The van der Waals surface area contributed by atoms with Crippen molar-refractivity contribution >= 4 is 15.5 Å². The smallest absolute Gasteiger partial charge is 0.343 e. The van der Waals surface area contributed by atoms with E-state index in [0.29, 0.717) is 13.1 Å². The molecule has 0 amide bonds. The second kappa shape index (κ2) is 4.98. The summed E-state index contributed by atoms with van der Waals surface area (Å²) in [5, 5.41) is 0. The molecular weight excluding hydrogens is 214 g/mol. The van der Waals surface area contributed by atoms with Crippen LogP contribution in [-0.4, -0.2) is 61.4 Å². The number of hydrogen-bond donors (Lipinski definition) is 1. The van der Waals surface area contributed by atoms with Crippen molar-refractivity contribution in [3.63, 3.8) is 0 Å². The number of nitrogens with zero attached hydrogens (tertiary/aromatic N) is 2. The fraction of sp³-hybridized carbons (Fsp3) is 1.00. The molecule has 0 saturated carbocycles. The summed E-state index contributed by atoms with van der Waals surface area (Å²) >= 11 is 0. The fourth-order valence-corrected chi connectivity index (χ4v) is 2.82. The summed E-state index contributed by atoms with van der Waals surface area (Å²) in [4.78, 5) is 9.84. The molecule has 3 unspecified atom stereocenters. The molecule has 15 heavy (non-hydrogen) atoms. The predicted molar refractivity (Wildman–Crippen MR) is 59.8 cm³/mol. The Balaban J connectivity index is 2.73. The van der Waals surface area contributed by atoms with E-state index in [9.17, 15) is 9.46 Å². The highest BCUT2D eigenvalue weighted by atomic mass is 31.2. The molecule has 1 saturated heterocycles. The highest BCUT2D eigenvalue weighted by molar-refractivity contribution is 7.52. The second-order valence-electron chi connectivity index (χ2n) is 3.94. The van der Waals surface area contributed by atoms with Crippen molar-refractivity contribution in [3.8, 4) is 0 Å². The minimum absolute atomic E-state index is 0.0609. The first-order valence-electron chi connectivity index (χ1n) is 5.05. The van der Waals surface area contributed by atoms with Crippen LogP contribution in [-0.2, 0) is 9.30 Å². The average Bonchev–Trinajstić information content (AvgIpc) is 2.16. The maximum Gasteiger partial charge on any atom is 0.343 e. The molecule has 1 aliphatic rings. The average molecular weight is 232 g/mol. The summed E-state index contributed by atoms with van der Waals surface area (Å²) in [6.45, 7) is 2.72. The molecule has 1 fully saturated rings. The molecule has 2 radical (unpaired) electrons. The summed E-state index contributed by atoms with van der Waals surface area (Å²) in [5.41, 5.74) is 0. The van der Waals surface area contributed by atoms with E-state index in [-0.39, 0.29) is 6.10 Å². The van der Waals surface area contributed by atoms with Crippen molar-refractivity contribution in [3.05, 3.63) is 0 Å². The Kier molecular flexibility index (Phi) is 4.38. The molecule has 1 aliphatic heterocycles. The van der Waals surface area contributed by atoms with E-state index in [1.165, 1.54) is 9.34 Å². The van der Waals surface area contributed by atoms with Crippen LogP contribution in [0.1, 0.15) is 13.3 Å². The third-order valence-corrected chi connectivity index (χ3v) is 4.62. The lowest BCUT2D eigenvalue weighted by Crippen LogP contribution is -2.47. The van der Waals surface area contributed by atoms with Gasteiger partial charge in [-0.2, -0.15) is 0 Å². The van der Waals surface area contributed by atoms with Crippen molar-refractivity contribution in [2.45, 2.75) is 25.5 Å². The topological polar surface area (TPSA) is 53.0 Å². The Morgan fingerprint density at radius 3 is 2.67 bits per heavy atom. The molecule has 0 aromatic rings. The summed E-state index contributed by atoms with van der Waals surface area (Å²) in [7, 11) is 5.42. The molecule has 1 heterocycles. The van der Waals surface area contributed by atoms with Gasteiger partial charge >= 0.3 is 7.67 Å². The van der Waals surface area contributed by atoms with E-state index in [1.54, 1.807) is 14.1 Å². The van der Waals surface area contributed by atoms with Gasteiger partial charge in [0.05, 0.1) is 6.10 Å². The predicted octanol–water partition coefficient (Wildman–Crippen LogP) is 0.254. The van der Waals surface area contributed by atoms with E-state index in [2.05, 4.69) is 0 Å². The molecule has 0 spiro atoms. The lowest BCUT2D eigenvalue weighted by molar-refractivity contribution is -0.0306. The molecular formula is C8H18BN2O3P. The van der Waals surface area contributed by atoms with Crippen LogP contribution in [0, 0.1) is 0 Å². The van der Waals surface area contributed by atoms with Gasteiger partial charge in [-0.1, -0.05) is 6.92 Å². The van der Waals surface area contributed by atoms with Crippen LogP contribution in [0.2, 0.25) is 0 Å². The number of hydrogen-bond acceptors (Lipinski definition) is 2. The molecule has 5 nitrogen and oxygen atoms in total. The molecule has 0 aromatic carbocycles. The molecule has 3 atom stereocenters. The Hall–Kier alpha value is 0.135. The Morgan fingerprint density at radius 2 is 2.20 bits per heavy atom. The van der Waals surface area contributed by atoms with Crippen molar-refractivity contribution in [2.24, 2.45) is 0 Å². The quantitative estimate of drug-likeness (QED) is 0.558. The van der Waals surface area contributed by atoms with Crippen molar-refractivity contribution in [1.29, 1.82) is 0 Å². The van der Waals surface area contributed by atoms with E-state index in [0.717, 1.165) is 6.42 Å². The first kappa shape index (κ1) is 13.2. The van der Waals surface area contributed by atoms with Gasteiger partial charge in [-0.3, -0.25) is 4.57 Å². The first-order chi connectivity index (χ1) is 6.87. The molecule has 1 N–H and O–H groups in total. The zero-order valence-electron chi connectivity index (χ0n) is 9.46. The minimum atomic E-state index is -3.42. The number of ether oxygens (including phenoxy) is 1. The summed E-state index contributed by atoms with van der Waals surface area (Å²) in [6.07, 6.45) is 0.728. The van der Waals surface area contributed by atoms with Crippen LogP contribution >= 0.6 is 7.67 Å². The van der Waals surface area contributed by atoms with Crippen LogP contribution in [0.3, 0.4) is 0 Å². The molecule has 0 aliphatic carbocycles. The third kappa shape index (κ3) is 3.05. The van der Waals surface area contributed by atoms with Gasteiger partial charge in [-0.15, -0.1) is 0 Å². The standard InChI is InChI=1S/C8H18BN2O3P/c1-4-7-5-11(6-8(9)14-7)15(12,13)10(2)3/h7-8H,4-6H2,1-3H3,(H,12,13). The molecule has 1 rings (SSSR count). The van der Waals surface area contributed by atoms with Crippen molar-refractivity contribution < 1.29 is 14.2 Å². The number of rotatable bonds is 3. The summed E-state index contributed by atoms with van der Waals surface area (Å²) in [6, 6.07) is -0.482. The van der Waals surface area contributed by atoms with E-state index in [4.69, 9.17) is 12.6 Å². The third-order valence-electron chi connectivity index (χ3n) is 2.52. The van der Waals surface area contributed by atoms with Crippen LogP contribution in [0.5, 0.6) is 0 Å². The monoisotopic (exact) mass is 232 g/mol. The second-order valence-corrected chi connectivity index (χ2v) is 6.33. The molecule has 0 aromatic heterocycles.